The summed E-state index contributed by atoms with van der Waals surface area (Å²) in [5, 5.41) is 1.31. The van der Waals surface area contributed by atoms with Gasteiger partial charge in [-0.15, -0.1) is 0 Å². The first-order chi connectivity index (χ1) is 14.0. The van der Waals surface area contributed by atoms with Crippen LogP contribution in [0, 0.1) is 13.8 Å². The first kappa shape index (κ1) is 19.6. The fourth-order valence-electron chi connectivity index (χ4n) is 3.17. The van der Waals surface area contributed by atoms with Crippen molar-refractivity contribution in [3.05, 3.63) is 88.2 Å². The summed E-state index contributed by atoms with van der Waals surface area (Å²) in [6.07, 6.45) is 2.05. The van der Waals surface area contributed by atoms with Crippen LogP contribution in [0.2, 0.25) is 5.02 Å². The standard InChI is InChI=1S/C23H20ClN3OS/c1-15-6-7-16(2)17(11-15)12-22(28)27(14-19-5-3-4-10-25-19)23-26-20-9-8-18(24)13-21(20)29-23/h3-11,13H,12,14H2,1-2H3. The smallest absolute Gasteiger partial charge is 0.233 e. The molecule has 2 aromatic heterocycles. The lowest BCUT2D eigenvalue weighted by Crippen LogP contribution is -2.32. The Hall–Kier alpha value is -2.76. The van der Waals surface area contributed by atoms with Gasteiger partial charge in [0.15, 0.2) is 5.13 Å². The van der Waals surface area contributed by atoms with Gasteiger partial charge in [-0.1, -0.05) is 52.8 Å². The van der Waals surface area contributed by atoms with Crippen molar-refractivity contribution in [3.63, 3.8) is 0 Å². The van der Waals surface area contributed by atoms with Crippen LogP contribution in [0.5, 0.6) is 0 Å². The molecule has 1 amide bonds. The Labute approximate surface area is 178 Å². The van der Waals surface area contributed by atoms with Crippen molar-refractivity contribution in [1.29, 1.82) is 0 Å². The first-order valence-corrected chi connectivity index (χ1v) is 10.5. The summed E-state index contributed by atoms with van der Waals surface area (Å²) >= 11 is 7.59. The topological polar surface area (TPSA) is 46.1 Å². The van der Waals surface area contributed by atoms with Crippen LogP contribution >= 0.6 is 22.9 Å². The number of thiazole rings is 1. The zero-order valence-electron chi connectivity index (χ0n) is 16.2. The molecule has 6 heteroatoms. The molecule has 0 fully saturated rings. The van der Waals surface area contributed by atoms with Crippen LogP contribution in [0.3, 0.4) is 0 Å². The molecule has 0 unspecified atom stereocenters. The first-order valence-electron chi connectivity index (χ1n) is 9.32. The highest BCUT2D eigenvalue weighted by Crippen LogP contribution is 2.32. The lowest BCUT2D eigenvalue weighted by molar-refractivity contribution is -0.118. The summed E-state index contributed by atoms with van der Waals surface area (Å²) in [5.41, 5.74) is 4.94. The number of fused-ring (bicyclic) bond motifs is 1. The van der Waals surface area contributed by atoms with Crippen LogP contribution < -0.4 is 4.90 Å². The number of hydrogen-bond donors (Lipinski definition) is 0. The average Bonchev–Trinajstić information content (AvgIpc) is 3.12. The van der Waals surface area contributed by atoms with E-state index in [2.05, 4.69) is 23.2 Å². The highest BCUT2D eigenvalue weighted by Gasteiger charge is 2.21. The third-order valence-electron chi connectivity index (χ3n) is 4.76. The van der Waals surface area contributed by atoms with E-state index in [0.29, 0.717) is 23.1 Å². The molecule has 0 bridgehead atoms. The van der Waals surface area contributed by atoms with Gasteiger partial charge in [-0.25, -0.2) is 4.98 Å². The molecule has 0 saturated heterocycles. The molecule has 0 N–H and O–H groups in total. The molecule has 0 aliphatic heterocycles. The van der Waals surface area contributed by atoms with Gasteiger partial charge in [-0.3, -0.25) is 14.7 Å². The van der Waals surface area contributed by atoms with Crippen LogP contribution in [0.25, 0.3) is 10.2 Å². The Balaban J connectivity index is 1.70. The van der Waals surface area contributed by atoms with Crippen molar-refractivity contribution in [2.24, 2.45) is 0 Å². The van der Waals surface area contributed by atoms with E-state index in [0.717, 1.165) is 32.6 Å². The third kappa shape index (κ3) is 4.47. The number of aromatic nitrogens is 2. The molecule has 2 aromatic carbocycles. The Kier molecular flexibility index (Phi) is 5.60. The minimum absolute atomic E-state index is 0.00509. The fourth-order valence-corrected chi connectivity index (χ4v) is 4.43. The minimum Gasteiger partial charge on any atom is -0.282 e. The second-order valence-corrected chi connectivity index (χ2v) is 8.46. The van der Waals surface area contributed by atoms with Gasteiger partial charge in [0.1, 0.15) is 0 Å². The fraction of sp³-hybridized carbons (Fsp3) is 0.174. The van der Waals surface area contributed by atoms with E-state index in [1.807, 2.05) is 50.2 Å². The molecular formula is C23H20ClN3OS. The van der Waals surface area contributed by atoms with Crippen LogP contribution in [0.4, 0.5) is 5.13 Å². The number of hydrogen-bond acceptors (Lipinski definition) is 4. The summed E-state index contributed by atoms with van der Waals surface area (Å²) < 4.78 is 0.957. The normalized spacial score (nSPS) is 11.0. The minimum atomic E-state index is -0.00509. The molecule has 0 aliphatic rings. The second-order valence-electron chi connectivity index (χ2n) is 7.02. The zero-order chi connectivity index (χ0) is 20.4. The third-order valence-corrected chi connectivity index (χ3v) is 6.04. The molecule has 4 nitrogen and oxygen atoms in total. The summed E-state index contributed by atoms with van der Waals surface area (Å²) in [7, 11) is 0. The molecule has 0 radical (unpaired) electrons. The van der Waals surface area contributed by atoms with E-state index in [-0.39, 0.29) is 5.91 Å². The molecular weight excluding hydrogens is 402 g/mol. The lowest BCUT2D eigenvalue weighted by Gasteiger charge is -2.20. The summed E-state index contributed by atoms with van der Waals surface area (Å²) in [5.74, 6) is -0.00509. The SMILES string of the molecule is Cc1ccc(C)c(CC(=O)N(Cc2ccccn2)c2nc3ccc(Cl)cc3s2)c1. The Morgan fingerprint density at radius 1 is 1.10 bits per heavy atom. The van der Waals surface area contributed by atoms with E-state index in [1.54, 1.807) is 11.1 Å². The van der Waals surface area contributed by atoms with Gasteiger partial charge in [-0.2, -0.15) is 0 Å². The van der Waals surface area contributed by atoms with Crippen molar-refractivity contribution in [2.45, 2.75) is 26.8 Å². The molecule has 4 rings (SSSR count). The highest BCUT2D eigenvalue weighted by molar-refractivity contribution is 7.22. The van der Waals surface area contributed by atoms with Crippen molar-refractivity contribution >= 4 is 44.2 Å². The molecule has 0 saturated carbocycles. The summed E-state index contributed by atoms with van der Waals surface area (Å²) in [4.78, 5) is 24.2. The number of amides is 1. The van der Waals surface area contributed by atoms with Gasteiger partial charge in [-0.05, 0) is 55.3 Å². The van der Waals surface area contributed by atoms with Gasteiger partial charge >= 0.3 is 0 Å². The Morgan fingerprint density at radius 3 is 2.76 bits per heavy atom. The van der Waals surface area contributed by atoms with Crippen LogP contribution in [0.15, 0.2) is 60.8 Å². The van der Waals surface area contributed by atoms with Crippen molar-refractivity contribution in [1.82, 2.24) is 9.97 Å². The van der Waals surface area contributed by atoms with Gasteiger partial charge < -0.3 is 0 Å². The van der Waals surface area contributed by atoms with Gasteiger partial charge in [0, 0.05) is 11.2 Å². The van der Waals surface area contributed by atoms with Gasteiger partial charge in [0.05, 0.1) is 28.9 Å². The number of anilines is 1. The zero-order valence-corrected chi connectivity index (χ0v) is 17.8. The van der Waals surface area contributed by atoms with E-state index in [9.17, 15) is 4.79 Å². The Morgan fingerprint density at radius 2 is 1.97 bits per heavy atom. The largest absolute Gasteiger partial charge is 0.282 e. The number of nitrogens with zero attached hydrogens (tertiary/aromatic N) is 3. The molecule has 0 aliphatic carbocycles. The van der Waals surface area contributed by atoms with Crippen molar-refractivity contribution in [2.75, 3.05) is 4.90 Å². The molecule has 2 heterocycles. The predicted molar refractivity (Wildman–Crippen MR) is 120 cm³/mol. The number of halogens is 1. The number of benzene rings is 2. The predicted octanol–water partition coefficient (Wildman–Crippen LogP) is 5.74. The van der Waals surface area contributed by atoms with Crippen LogP contribution in [-0.2, 0) is 17.8 Å². The molecule has 146 valence electrons. The molecule has 4 aromatic rings. The monoisotopic (exact) mass is 421 g/mol. The van der Waals surface area contributed by atoms with E-state index >= 15 is 0 Å². The van der Waals surface area contributed by atoms with E-state index in [1.165, 1.54) is 11.3 Å². The van der Waals surface area contributed by atoms with E-state index in [4.69, 9.17) is 16.6 Å². The number of carbonyl (C=O) groups excluding carboxylic acids is 1. The lowest BCUT2D eigenvalue weighted by atomic mass is 10.0. The Bertz CT molecular complexity index is 1170. The summed E-state index contributed by atoms with van der Waals surface area (Å²) in [6.45, 7) is 4.44. The second kappa shape index (κ2) is 8.31. The number of aryl methyl sites for hydroxylation is 2. The van der Waals surface area contributed by atoms with Gasteiger partial charge in [0.25, 0.3) is 0 Å². The van der Waals surface area contributed by atoms with Crippen LogP contribution in [0.1, 0.15) is 22.4 Å². The molecule has 0 atom stereocenters. The van der Waals surface area contributed by atoms with E-state index < -0.39 is 0 Å². The number of pyridine rings is 1. The number of rotatable bonds is 5. The molecule has 0 spiro atoms. The average molecular weight is 422 g/mol. The number of carbonyl (C=O) groups is 1. The van der Waals surface area contributed by atoms with Crippen LogP contribution in [-0.4, -0.2) is 15.9 Å². The van der Waals surface area contributed by atoms with Crippen molar-refractivity contribution < 1.29 is 4.79 Å². The quantitative estimate of drug-likeness (QED) is 0.413. The maximum atomic E-state index is 13.4. The van der Waals surface area contributed by atoms with Crippen molar-refractivity contribution in [3.8, 4) is 0 Å². The maximum absolute atomic E-state index is 13.4. The summed E-state index contributed by atoms with van der Waals surface area (Å²) in [6, 6.07) is 17.5. The molecule has 29 heavy (non-hydrogen) atoms. The maximum Gasteiger partial charge on any atom is 0.233 e. The van der Waals surface area contributed by atoms with Gasteiger partial charge in [0.2, 0.25) is 5.91 Å². The highest BCUT2D eigenvalue weighted by atomic mass is 35.5.